The number of amides is 1. The van der Waals surface area contributed by atoms with Crippen molar-refractivity contribution in [2.45, 2.75) is 24.8 Å². The number of methoxy groups -OCH3 is 2. The molecule has 0 aliphatic heterocycles. The third-order valence-corrected chi connectivity index (χ3v) is 4.69. The molecule has 2 aromatic carbocycles. The zero-order chi connectivity index (χ0) is 17.5. The molecule has 0 heterocycles. The van der Waals surface area contributed by atoms with E-state index >= 15 is 0 Å². The van der Waals surface area contributed by atoms with Crippen LogP contribution in [0.3, 0.4) is 0 Å². The van der Waals surface area contributed by atoms with Gasteiger partial charge in [0.2, 0.25) is 5.91 Å². The van der Waals surface area contributed by atoms with Gasteiger partial charge in [0.15, 0.2) is 0 Å². The van der Waals surface area contributed by atoms with E-state index in [0.717, 1.165) is 16.2 Å². The molecule has 0 saturated carbocycles. The van der Waals surface area contributed by atoms with Crippen LogP contribution in [0, 0.1) is 6.92 Å². The largest absolute Gasteiger partial charge is 0.497 e. The minimum absolute atomic E-state index is 0.00838. The summed E-state index contributed by atoms with van der Waals surface area (Å²) in [6.07, 6.45) is 0. The SMILES string of the molecule is COc1ccc(C(C)NC(=O)CSc2ccc(C)cc2)c(OC)c1. The zero-order valence-electron chi connectivity index (χ0n) is 14.5. The minimum atomic E-state index is -0.142. The maximum atomic E-state index is 12.2. The molecule has 0 spiro atoms. The number of hydrogen-bond donors (Lipinski definition) is 1. The Morgan fingerprint density at radius 2 is 1.83 bits per heavy atom. The number of rotatable bonds is 7. The van der Waals surface area contributed by atoms with E-state index in [1.807, 2.05) is 56.3 Å². The molecular formula is C19H23NO3S. The molecule has 128 valence electrons. The predicted octanol–water partition coefficient (Wildman–Crippen LogP) is 3.98. The highest BCUT2D eigenvalue weighted by Crippen LogP contribution is 2.29. The normalized spacial score (nSPS) is 11.7. The molecule has 1 amide bonds. The molecule has 1 unspecified atom stereocenters. The first-order valence-electron chi connectivity index (χ1n) is 7.74. The first kappa shape index (κ1) is 18.2. The van der Waals surface area contributed by atoms with E-state index in [1.165, 1.54) is 17.3 Å². The Morgan fingerprint density at radius 3 is 2.46 bits per heavy atom. The van der Waals surface area contributed by atoms with Crippen molar-refractivity contribution in [1.29, 1.82) is 0 Å². The van der Waals surface area contributed by atoms with E-state index in [2.05, 4.69) is 5.32 Å². The Hall–Kier alpha value is -2.14. The van der Waals surface area contributed by atoms with Crippen LogP contribution in [-0.4, -0.2) is 25.9 Å². The average Bonchev–Trinajstić information content (AvgIpc) is 2.60. The molecule has 1 N–H and O–H groups in total. The second kappa shape index (κ2) is 8.64. The Bertz CT molecular complexity index is 686. The van der Waals surface area contributed by atoms with E-state index in [0.29, 0.717) is 11.5 Å². The number of thioether (sulfide) groups is 1. The van der Waals surface area contributed by atoms with Gasteiger partial charge in [-0.15, -0.1) is 11.8 Å². The Morgan fingerprint density at radius 1 is 1.12 bits per heavy atom. The maximum Gasteiger partial charge on any atom is 0.230 e. The second-order valence-electron chi connectivity index (χ2n) is 5.50. The van der Waals surface area contributed by atoms with Crippen LogP contribution < -0.4 is 14.8 Å². The standard InChI is InChI=1S/C19H23NO3S/c1-13-5-8-16(9-6-13)24-12-19(21)20-14(2)17-10-7-15(22-3)11-18(17)23-4/h5-11,14H,12H2,1-4H3,(H,20,21). The van der Waals surface area contributed by atoms with Crippen LogP contribution in [-0.2, 0) is 4.79 Å². The number of carbonyl (C=O) groups excluding carboxylic acids is 1. The fourth-order valence-electron chi connectivity index (χ4n) is 2.32. The van der Waals surface area contributed by atoms with Crippen LogP contribution in [0.2, 0.25) is 0 Å². The third kappa shape index (κ3) is 4.93. The van der Waals surface area contributed by atoms with Gasteiger partial charge < -0.3 is 14.8 Å². The molecule has 24 heavy (non-hydrogen) atoms. The summed E-state index contributed by atoms with van der Waals surface area (Å²) >= 11 is 1.53. The number of ether oxygens (including phenoxy) is 2. The molecule has 0 fully saturated rings. The molecule has 0 aliphatic rings. The molecule has 1 atom stereocenters. The number of aryl methyl sites for hydroxylation is 1. The topological polar surface area (TPSA) is 47.6 Å². The first-order valence-corrected chi connectivity index (χ1v) is 8.72. The van der Waals surface area contributed by atoms with Crippen molar-refractivity contribution in [3.8, 4) is 11.5 Å². The smallest absolute Gasteiger partial charge is 0.230 e. The number of hydrogen-bond acceptors (Lipinski definition) is 4. The first-order chi connectivity index (χ1) is 11.5. The molecule has 0 aliphatic carbocycles. The molecule has 2 aromatic rings. The zero-order valence-corrected chi connectivity index (χ0v) is 15.3. The molecule has 2 rings (SSSR count). The van der Waals surface area contributed by atoms with Gasteiger partial charge >= 0.3 is 0 Å². The maximum absolute atomic E-state index is 12.2. The fraction of sp³-hybridized carbons (Fsp3) is 0.316. The molecular weight excluding hydrogens is 322 g/mol. The summed E-state index contributed by atoms with van der Waals surface area (Å²) < 4.78 is 10.6. The van der Waals surface area contributed by atoms with Crippen molar-refractivity contribution in [2.24, 2.45) is 0 Å². The van der Waals surface area contributed by atoms with Crippen molar-refractivity contribution >= 4 is 17.7 Å². The molecule has 0 saturated heterocycles. The molecule has 4 nitrogen and oxygen atoms in total. The Labute approximate surface area is 147 Å². The van der Waals surface area contributed by atoms with Gasteiger partial charge in [-0.1, -0.05) is 17.7 Å². The van der Waals surface area contributed by atoms with E-state index in [1.54, 1.807) is 14.2 Å². The molecule has 0 aromatic heterocycles. The number of benzene rings is 2. The summed E-state index contributed by atoms with van der Waals surface area (Å²) in [4.78, 5) is 13.3. The van der Waals surface area contributed by atoms with Gasteiger partial charge in [-0.25, -0.2) is 0 Å². The van der Waals surface area contributed by atoms with Crippen molar-refractivity contribution < 1.29 is 14.3 Å². The number of nitrogens with one attached hydrogen (secondary N) is 1. The van der Waals surface area contributed by atoms with E-state index in [9.17, 15) is 4.79 Å². The van der Waals surface area contributed by atoms with Crippen LogP contribution in [0.4, 0.5) is 0 Å². The van der Waals surface area contributed by atoms with Crippen molar-refractivity contribution in [2.75, 3.05) is 20.0 Å². The van der Waals surface area contributed by atoms with Gasteiger partial charge in [-0.05, 0) is 38.1 Å². The van der Waals surface area contributed by atoms with Crippen LogP contribution >= 0.6 is 11.8 Å². The summed E-state index contributed by atoms with van der Waals surface area (Å²) in [5.74, 6) is 1.80. The summed E-state index contributed by atoms with van der Waals surface area (Å²) in [6, 6.07) is 13.6. The van der Waals surface area contributed by atoms with E-state index in [-0.39, 0.29) is 11.9 Å². The third-order valence-electron chi connectivity index (χ3n) is 3.68. The summed E-state index contributed by atoms with van der Waals surface area (Å²) in [5.41, 5.74) is 2.14. The minimum Gasteiger partial charge on any atom is -0.497 e. The summed E-state index contributed by atoms with van der Waals surface area (Å²) in [7, 11) is 3.22. The van der Waals surface area contributed by atoms with E-state index in [4.69, 9.17) is 9.47 Å². The predicted molar refractivity (Wildman–Crippen MR) is 98.0 cm³/mol. The average molecular weight is 345 g/mol. The Kier molecular flexibility index (Phi) is 6.55. The lowest BCUT2D eigenvalue weighted by atomic mass is 10.1. The lowest BCUT2D eigenvalue weighted by molar-refractivity contribution is -0.119. The summed E-state index contributed by atoms with van der Waals surface area (Å²) in [6.45, 7) is 3.99. The van der Waals surface area contributed by atoms with Gasteiger partial charge in [-0.2, -0.15) is 0 Å². The highest BCUT2D eigenvalue weighted by Gasteiger charge is 2.15. The Balaban J connectivity index is 1.94. The van der Waals surface area contributed by atoms with Crippen LogP contribution in [0.25, 0.3) is 0 Å². The van der Waals surface area contributed by atoms with Crippen molar-refractivity contribution in [3.05, 3.63) is 53.6 Å². The van der Waals surface area contributed by atoms with Gasteiger partial charge in [0.05, 0.1) is 26.0 Å². The fourth-order valence-corrected chi connectivity index (χ4v) is 3.03. The van der Waals surface area contributed by atoms with Gasteiger partial charge in [-0.3, -0.25) is 4.79 Å². The van der Waals surface area contributed by atoms with E-state index < -0.39 is 0 Å². The molecule has 0 bridgehead atoms. The van der Waals surface area contributed by atoms with Crippen LogP contribution in [0.15, 0.2) is 47.4 Å². The van der Waals surface area contributed by atoms with Gasteiger partial charge in [0, 0.05) is 16.5 Å². The lowest BCUT2D eigenvalue weighted by Crippen LogP contribution is -2.28. The quantitative estimate of drug-likeness (QED) is 0.771. The molecule has 0 radical (unpaired) electrons. The monoisotopic (exact) mass is 345 g/mol. The summed E-state index contributed by atoms with van der Waals surface area (Å²) in [5, 5.41) is 3.01. The van der Waals surface area contributed by atoms with Crippen molar-refractivity contribution in [3.63, 3.8) is 0 Å². The highest BCUT2D eigenvalue weighted by molar-refractivity contribution is 8.00. The van der Waals surface area contributed by atoms with Crippen molar-refractivity contribution in [1.82, 2.24) is 5.32 Å². The van der Waals surface area contributed by atoms with Crippen LogP contribution in [0.1, 0.15) is 24.1 Å². The lowest BCUT2D eigenvalue weighted by Gasteiger charge is -2.18. The van der Waals surface area contributed by atoms with Gasteiger partial charge in [0.1, 0.15) is 11.5 Å². The van der Waals surface area contributed by atoms with Gasteiger partial charge in [0.25, 0.3) is 0 Å². The number of carbonyl (C=O) groups is 1. The highest BCUT2D eigenvalue weighted by atomic mass is 32.2. The van der Waals surface area contributed by atoms with Crippen LogP contribution in [0.5, 0.6) is 11.5 Å². The molecule has 5 heteroatoms. The second-order valence-corrected chi connectivity index (χ2v) is 6.55.